The predicted molar refractivity (Wildman–Crippen MR) is 78.3 cm³/mol. The zero-order chi connectivity index (χ0) is 16.2. The van der Waals surface area contributed by atoms with E-state index in [1.807, 2.05) is 13.8 Å². The molecule has 118 valence electrons. The van der Waals surface area contributed by atoms with Crippen molar-refractivity contribution in [1.82, 2.24) is 9.62 Å². The van der Waals surface area contributed by atoms with Gasteiger partial charge in [0.2, 0.25) is 10.0 Å². The molecule has 0 aliphatic heterocycles. The molecule has 0 heterocycles. The second-order valence-electron chi connectivity index (χ2n) is 5.00. The Labute approximate surface area is 124 Å². The summed E-state index contributed by atoms with van der Waals surface area (Å²) < 4.78 is 52.9. The second-order valence-corrected chi connectivity index (χ2v) is 7.01. The lowest BCUT2D eigenvalue weighted by Gasteiger charge is -2.17. The fourth-order valence-electron chi connectivity index (χ4n) is 1.68. The molecular formula is C14H20F2N2O2S. The highest BCUT2D eigenvalue weighted by molar-refractivity contribution is 7.89. The van der Waals surface area contributed by atoms with Gasteiger partial charge in [-0.3, -0.25) is 0 Å². The topological polar surface area (TPSA) is 49.4 Å². The summed E-state index contributed by atoms with van der Waals surface area (Å²) in [7, 11) is -2.81. The molecule has 1 aromatic carbocycles. The van der Waals surface area contributed by atoms with Crippen LogP contribution in [0.2, 0.25) is 0 Å². The fourth-order valence-corrected chi connectivity index (χ4v) is 2.94. The van der Waals surface area contributed by atoms with Gasteiger partial charge in [0, 0.05) is 26.2 Å². The van der Waals surface area contributed by atoms with E-state index in [0.717, 1.165) is 16.4 Å². The van der Waals surface area contributed by atoms with Gasteiger partial charge in [-0.25, -0.2) is 17.2 Å². The van der Waals surface area contributed by atoms with E-state index in [9.17, 15) is 17.2 Å². The van der Waals surface area contributed by atoms with Crippen molar-refractivity contribution in [2.75, 3.05) is 13.6 Å². The van der Waals surface area contributed by atoms with Gasteiger partial charge in [-0.2, -0.15) is 4.31 Å². The van der Waals surface area contributed by atoms with Gasteiger partial charge in [-0.15, -0.1) is 6.58 Å². The highest BCUT2D eigenvalue weighted by atomic mass is 32.2. The largest absolute Gasteiger partial charge is 0.310 e. The predicted octanol–water partition coefficient (Wildman–Crippen LogP) is 2.27. The first-order valence-electron chi connectivity index (χ1n) is 6.48. The number of sulfonamides is 1. The molecule has 0 amide bonds. The van der Waals surface area contributed by atoms with Gasteiger partial charge >= 0.3 is 0 Å². The second kappa shape index (κ2) is 7.11. The van der Waals surface area contributed by atoms with Crippen molar-refractivity contribution in [1.29, 1.82) is 0 Å². The third-order valence-electron chi connectivity index (χ3n) is 2.84. The van der Waals surface area contributed by atoms with E-state index in [2.05, 4.69) is 11.9 Å². The minimum absolute atomic E-state index is 0.0118. The minimum Gasteiger partial charge on any atom is -0.310 e. The highest BCUT2D eigenvalue weighted by Gasteiger charge is 2.26. The van der Waals surface area contributed by atoms with Crippen molar-refractivity contribution in [3.05, 3.63) is 42.0 Å². The normalized spacial score (nSPS) is 12.1. The third kappa shape index (κ3) is 4.33. The molecule has 0 bridgehead atoms. The number of rotatable bonds is 7. The Morgan fingerprint density at radius 1 is 1.38 bits per heavy atom. The summed E-state index contributed by atoms with van der Waals surface area (Å²) in [5.41, 5.74) is 0.369. The molecule has 1 rings (SSSR count). The summed E-state index contributed by atoms with van der Waals surface area (Å²) in [5.74, 6) is -2.54. The smallest absolute Gasteiger partial charge is 0.246 e. The van der Waals surface area contributed by atoms with Crippen LogP contribution < -0.4 is 5.32 Å². The maximum Gasteiger partial charge on any atom is 0.246 e. The molecule has 1 N–H and O–H groups in total. The number of likely N-dealkylation sites (N-methyl/N-ethyl adjacent to an activating group) is 1. The number of nitrogens with one attached hydrogen (secondary N) is 1. The lowest BCUT2D eigenvalue weighted by atomic mass is 10.2. The quantitative estimate of drug-likeness (QED) is 0.785. The van der Waals surface area contributed by atoms with E-state index >= 15 is 0 Å². The average Bonchev–Trinajstić information content (AvgIpc) is 2.39. The third-order valence-corrected chi connectivity index (χ3v) is 4.67. The summed E-state index contributed by atoms with van der Waals surface area (Å²) in [4.78, 5) is -0.660. The molecule has 0 unspecified atom stereocenters. The summed E-state index contributed by atoms with van der Waals surface area (Å²) in [6.07, 6.45) is 1.37. The molecule has 0 aliphatic carbocycles. The monoisotopic (exact) mass is 318 g/mol. The van der Waals surface area contributed by atoms with Crippen molar-refractivity contribution in [3.63, 3.8) is 0 Å². The molecule has 21 heavy (non-hydrogen) atoms. The van der Waals surface area contributed by atoms with Gasteiger partial charge in [-0.05, 0) is 17.7 Å². The van der Waals surface area contributed by atoms with Gasteiger partial charge in [0.15, 0.2) is 11.6 Å². The Kier molecular flexibility index (Phi) is 6.00. The van der Waals surface area contributed by atoms with Gasteiger partial charge in [0.25, 0.3) is 0 Å². The maximum atomic E-state index is 13.8. The van der Waals surface area contributed by atoms with E-state index in [0.29, 0.717) is 5.56 Å². The zero-order valence-electron chi connectivity index (χ0n) is 12.4. The van der Waals surface area contributed by atoms with Crippen LogP contribution in [0, 0.1) is 11.6 Å². The van der Waals surface area contributed by atoms with Crippen LogP contribution in [-0.4, -0.2) is 32.4 Å². The average molecular weight is 318 g/mol. The molecule has 0 saturated heterocycles. The highest BCUT2D eigenvalue weighted by Crippen LogP contribution is 2.22. The molecule has 0 atom stereocenters. The number of hydrogen-bond donors (Lipinski definition) is 1. The molecule has 0 aliphatic rings. The Morgan fingerprint density at radius 2 is 2.00 bits per heavy atom. The Balaban J connectivity index is 3.25. The maximum absolute atomic E-state index is 13.8. The van der Waals surface area contributed by atoms with Crippen LogP contribution in [0.15, 0.2) is 29.7 Å². The van der Waals surface area contributed by atoms with Crippen molar-refractivity contribution < 1.29 is 17.2 Å². The molecule has 0 aromatic heterocycles. The SMILES string of the molecule is C=CCN(C)S(=O)(=O)c1cc(CNC(C)C)cc(F)c1F. The van der Waals surface area contributed by atoms with Crippen molar-refractivity contribution in [3.8, 4) is 0 Å². The van der Waals surface area contributed by atoms with E-state index in [-0.39, 0.29) is 19.1 Å². The first-order chi connectivity index (χ1) is 9.70. The number of halogens is 2. The Hall–Kier alpha value is -1.31. The van der Waals surface area contributed by atoms with Crippen LogP contribution in [0.3, 0.4) is 0 Å². The first-order valence-corrected chi connectivity index (χ1v) is 7.92. The molecular weight excluding hydrogens is 298 g/mol. The van der Waals surface area contributed by atoms with Crippen LogP contribution in [0.5, 0.6) is 0 Å². The molecule has 7 heteroatoms. The molecule has 1 aromatic rings. The summed E-state index contributed by atoms with van der Waals surface area (Å²) in [6.45, 7) is 7.49. The molecule has 4 nitrogen and oxygen atoms in total. The number of nitrogens with zero attached hydrogens (tertiary/aromatic N) is 1. The number of hydrogen-bond acceptors (Lipinski definition) is 3. The number of benzene rings is 1. The van der Waals surface area contributed by atoms with Crippen LogP contribution in [0.25, 0.3) is 0 Å². The van der Waals surface area contributed by atoms with E-state index in [1.54, 1.807) is 0 Å². The van der Waals surface area contributed by atoms with Crippen LogP contribution in [0.4, 0.5) is 8.78 Å². The van der Waals surface area contributed by atoms with Gasteiger partial charge in [-0.1, -0.05) is 19.9 Å². The van der Waals surface area contributed by atoms with Crippen LogP contribution >= 0.6 is 0 Å². The van der Waals surface area contributed by atoms with Crippen LogP contribution in [-0.2, 0) is 16.6 Å². The van der Waals surface area contributed by atoms with E-state index in [1.165, 1.54) is 13.1 Å². The minimum atomic E-state index is -4.10. The van der Waals surface area contributed by atoms with Crippen molar-refractivity contribution >= 4 is 10.0 Å². The lowest BCUT2D eigenvalue weighted by molar-refractivity contribution is 0.462. The van der Waals surface area contributed by atoms with E-state index < -0.39 is 26.6 Å². The summed E-state index contributed by atoms with van der Waals surface area (Å²) in [5, 5.41) is 3.03. The van der Waals surface area contributed by atoms with Crippen molar-refractivity contribution in [2.45, 2.75) is 31.3 Å². The lowest BCUT2D eigenvalue weighted by Crippen LogP contribution is -2.28. The van der Waals surface area contributed by atoms with E-state index in [4.69, 9.17) is 0 Å². The molecule has 0 spiro atoms. The van der Waals surface area contributed by atoms with Gasteiger partial charge in [0.05, 0.1) is 0 Å². The van der Waals surface area contributed by atoms with Gasteiger partial charge in [0.1, 0.15) is 4.90 Å². The summed E-state index contributed by atoms with van der Waals surface area (Å²) in [6, 6.07) is 2.29. The summed E-state index contributed by atoms with van der Waals surface area (Å²) >= 11 is 0. The van der Waals surface area contributed by atoms with Crippen LogP contribution in [0.1, 0.15) is 19.4 Å². The zero-order valence-corrected chi connectivity index (χ0v) is 13.2. The molecule has 0 saturated carbocycles. The molecule has 0 fully saturated rings. The Morgan fingerprint density at radius 3 is 2.52 bits per heavy atom. The van der Waals surface area contributed by atoms with Crippen molar-refractivity contribution in [2.24, 2.45) is 0 Å². The van der Waals surface area contributed by atoms with Gasteiger partial charge < -0.3 is 5.32 Å². The fraction of sp³-hybridized carbons (Fsp3) is 0.429. The Bertz CT molecular complexity index is 616. The first kappa shape index (κ1) is 17.7. The molecule has 0 radical (unpaired) electrons. The standard InChI is InChI=1S/C14H20F2N2O2S/c1-5-6-18(4)21(19,20)13-8-11(9-17-10(2)3)7-12(15)14(13)16/h5,7-8,10,17H,1,6,9H2,2-4H3.